The first-order valence-corrected chi connectivity index (χ1v) is 8.00. The van der Waals surface area contributed by atoms with Crippen LogP contribution in [-0.2, 0) is 9.84 Å². The van der Waals surface area contributed by atoms with E-state index in [2.05, 4.69) is 0 Å². The van der Waals surface area contributed by atoms with Crippen molar-refractivity contribution in [1.82, 2.24) is 0 Å². The molecule has 0 spiro atoms. The summed E-state index contributed by atoms with van der Waals surface area (Å²) in [4.78, 5) is 0.298. The van der Waals surface area contributed by atoms with Gasteiger partial charge in [0.2, 0.25) is 0 Å². The minimum atomic E-state index is -3.16. The minimum Gasteiger partial charge on any atom is -0.224 e. The number of sulfone groups is 1. The topological polar surface area (TPSA) is 34.1 Å². The zero-order chi connectivity index (χ0) is 14.8. The van der Waals surface area contributed by atoms with Crippen LogP contribution in [-0.4, -0.2) is 14.7 Å². The summed E-state index contributed by atoms with van der Waals surface area (Å²) in [5.41, 5.74) is 2.38. The standard InChI is InChI=1S/C16H15FO2S/c1-12-11-14(7-10-16(12)17)4-3-13-5-8-15(9-6-13)20(2,18)19/h3-11H,1-2H3/b4-3+. The summed E-state index contributed by atoms with van der Waals surface area (Å²) in [5.74, 6) is -0.223. The average molecular weight is 290 g/mol. The second kappa shape index (κ2) is 5.59. The Labute approximate surface area is 118 Å². The Balaban J connectivity index is 2.21. The van der Waals surface area contributed by atoms with E-state index in [0.29, 0.717) is 10.5 Å². The Hall–Kier alpha value is -1.94. The molecule has 0 aliphatic heterocycles. The Kier molecular flexibility index (Phi) is 4.04. The van der Waals surface area contributed by atoms with Gasteiger partial charge in [-0.1, -0.05) is 30.4 Å². The van der Waals surface area contributed by atoms with Crippen molar-refractivity contribution in [2.24, 2.45) is 0 Å². The maximum Gasteiger partial charge on any atom is 0.175 e. The molecule has 4 heteroatoms. The quantitative estimate of drug-likeness (QED) is 0.808. The highest BCUT2D eigenvalue weighted by molar-refractivity contribution is 7.90. The molecule has 0 aromatic heterocycles. The van der Waals surface area contributed by atoms with Gasteiger partial charge in [-0.3, -0.25) is 0 Å². The van der Waals surface area contributed by atoms with Crippen molar-refractivity contribution in [1.29, 1.82) is 0 Å². The molecule has 2 rings (SSSR count). The lowest BCUT2D eigenvalue weighted by Gasteiger charge is -2.00. The van der Waals surface area contributed by atoms with E-state index < -0.39 is 9.84 Å². The molecule has 2 aromatic rings. The van der Waals surface area contributed by atoms with Gasteiger partial charge in [0.05, 0.1) is 4.90 Å². The first-order chi connectivity index (χ1) is 9.36. The molecule has 0 amide bonds. The zero-order valence-electron chi connectivity index (χ0n) is 11.3. The largest absolute Gasteiger partial charge is 0.224 e. The molecule has 104 valence electrons. The van der Waals surface area contributed by atoms with Crippen LogP contribution in [0.2, 0.25) is 0 Å². The van der Waals surface area contributed by atoms with Gasteiger partial charge in [-0.05, 0) is 47.9 Å². The third kappa shape index (κ3) is 3.54. The maximum absolute atomic E-state index is 13.1. The lowest BCUT2D eigenvalue weighted by atomic mass is 10.1. The normalized spacial score (nSPS) is 11.9. The van der Waals surface area contributed by atoms with Crippen LogP contribution in [0, 0.1) is 12.7 Å². The van der Waals surface area contributed by atoms with Gasteiger partial charge in [0.1, 0.15) is 5.82 Å². The highest BCUT2D eigenvalue weighted by Crippen LogP contribution is 2.15. The van der Waals surface area contributed by atoms with Gasteiger partial charge in [-0.15, -0.1) is 0 Å². The van der Waals surface area contributed by atoms with Crippen LogP contribution >= 0.6 is 0 Å². The number of rotatable bonds is 3. The number of halogens is 1. The Bertz CT molecular complexity index is 745. The molecule has 2 aromatic carbocycles. The fraction of sp³-hybridized carbons (Fsp3) is 0.125. The van der Waals surface area contributed by atoms with Gasteiger partial charge in [0, 0.05) is 6.26 Å². The van der Waals surface area contributed by atoms with Gasteiger partial charge in [0.15, 0.2) is 9.84 Å². The van der Waals surface area contributed by atoms with Crippen molar-refractivity contribution in [2.45, 2.75) is 11.8 Å². The van der Waals surface area contributed by atoms with Crippen molar-refractivity contribution in [3.8, 4) is 0 Å². The lowest BCUT2D eigenvalue weighted by Crippen LogP contribution is -1.95. The van der Waals surface area contributed by atoms with Gasteiger partial charge in [0.25, 0.3) is 0 Å². The molecular formula is C16H15FO2S. The van der Waals surface area contributed by atoms with E-state index in [-0.39, 0.29) is 5.82 Å². The van der Waals surface area contributed by atoms with Crippen LogP contribution in [0.1, 0.15) is 16.7 Å². The van der Waals surface area contributed by atoms with Gasteiger partial charge in [-0.2, -0.15) is 0 Å². The first kappa shape index (κ1) is 14.5. The lowest BCUT2D eigenvalue weighted by molar-refractivity contribution is 0.602. The van der Waals surface area contributed by atoms with E-state index in [1.165, 1.54) is 12.3 Å². The monoisotopic (exact) mass is 290 g/mol. The molecule has 0 saturated carbocycles. The molecule has 0 radical (unpaired) electrons. The number of hydrogen-bond donors (Lipinski definition) is 0. The molecule has 0 bridgehead atoms. The van der Waals surface area contributed by atoms with Crippen LogP contribution in [0.25, 0.3) is 12.2 Å². The number of aryl methyl sites for hydroxylation is 1. The summed E-state index contributed by atoms with van der Waals surface area (Å²) in [6.07, 6.45) is 4.90. The van der Waals surface area contributed by atoms with E-state index in [4.69, 9.17) is 0 Å². The van der Waals surface area contributed by atoms with Crippen LogP contribution in [0.4, 0.5) is 4.39 Å². The van der Waals surface area contributed by atoms with Crippen LogP contribution in [0.5, 0.6) is 0 Å². The van der Waals surface area contributed by atoms with E-state index in [1.807, 2.05) is 12.2 Å². The van der Waals surface area contributed by atoms with Gasteiger partial charge < -0.3 is 0 Å². The Morgan fingerprint density at radius 3 is 2.05 bits per heavy atom. The summed E-state index contributed by atoms with van der Waals surface area (Å²) >= 11 is 0. The smallest absolute Gasteiger partial charge is 0.175 e. The van der Waals surface area contributed by atoms with Crippen molar-refractivity contribution < 1.29 is 12.8 Å². The fourth-order valence-corrected chi connectivity index (χ4v) is 2.42. The summed E-state index contributed by atoms with van der Waals surface area (Å²) in [6, 6.07) is 11.5. The molecule has 0 fully saturated rings. The molecule has 0 atom stereocenters. The van der Waals surface area contributed by atoms with Crippen LogP contribution < -0.4 is 0 Å². The minimum absolute atomic E-state index is 0.223. The molecule has 0 N–H and O–H groups in total. The van der Waals surface area contributed by atoms with E-state index in [1.54, 1.807) is 43.3 Å². The molecule has 2 nitrogen and oxygen atoms in total. The predicted octanol–water partition coefficient (Wildman–Crippen LogP) is 3.71. The highest BCUT2D eigenvalue weighted by atomic mass is 32.2. The van der Waals surface area contributed by atoms with Gasteiger partial charge >= 0.3 is 0 Å². The molecule has 0 aliphatic carbocycles. The number of benzene rings is 2. The zero-order valence-corrected chi connectivity index (χ0v) is 12.1. The molecule has 0 heterocycles. The van der Waals surface area contributed by atoms with Gasteiger partial charge in [-0.25, -0.2) is 12.8 Å². The average Bonchev–Trinajstić information content (AvgIpc) is 2.40. The summed E-state index contributed by atoms with van der Waals surface area (Å²) < 4.78 is 35.8. The summed E-state index contributed by atoms with van der Waals surface area (Å²) in [6.45, 7) is 1.72. The third-order valence-corrected chi connectivity index (χ3v) is 4.09. The third-order valence-electron chi connectivity index (χ3n) is 2.96. The molecular weight excluding hydrogens is 275 g/mol. The maximum atomic E-state index is 13.1. The second-order valence-electron chi connectivity index (χ2n) is 4.68. The summed E-state index contributed by atoms with van der Waals surface area (Å²) in [7, 11) is -3.16. The number of hydrogen-bond acceptors (Lipinski definition) is 2. The van der Waals surface area contributed by atoms with E-state index in [9.17, 15) is 12.8 Å². The first-order valence-electron chi connectivity index (χ1n) is 6.10. The second-order valence-corrected chi connectivity index (χ2v) is 6.70. The van der Waals surface area contributed by atoms with E-state index >= 15 is 0 Å². The summed E-state index contributed by atoms with van der Waals surface area (Å²) in [5, 5.41) is 0. The van der Waals surface area contributed by atoms with Crippen molar-refractivity contribution in [2.75, 3.05) is 6.26 Å². The SMILES string of the molecule is Cc1cc(/C=C/c2ccc(S(C)(=O)=O)cc2)ccc1F. The Morgan fingerprint density at radius 1 is 0.950 bits per heavy atom. The molecule has 20 heavy (non-hydrogen) atoms. The molecule has 0 aliphatic rings. The predicted molar refractivity (Wildman–Crippen MR) is 79.6 cm³/mol. The van der Waals surface area contributed by atoms with Crippen molar-refractivity contribution in [3.63, 3.8) is 0 Å². The van der Waals surface area contributed by atoms with Crippen LogP contribution in [0.3, 0.4) is 0 Å². The highest BCUT2D eigenvalue weighted by Gasteiger charge is 2.05. The molecule has 0 unspecified atom stereocenters. The van der Waals surface area contributed by atoms with Crippen molar-refractivity contribution >= 4 is 22.0 Å². The molecule has 0 saturated heterocycles. The van der Waals surface area contributed by atoms with Crippen molar-refractivity contribution in [3.05, 3.63) is 65.0 Å². The Morgan fingerprint density at radius 2 is 1.50 bits per heavy atom. The fourth-order valence-electron chi connectivity index (χ4n) is 1.79. The van der Waals surface area contributed by atoms with E-state index in [0.717, 1.165) is 11.1 Å². The van der Waals surface area contributed by atoms with Crippen LogP contribution in [0.15, 0.2) is 47.4 Å².